The Morgan fingerprint density at radius 2 is 1.59 bits per heavy atom. The van der Waals surface area contributed by atoms with Crippen molar-refractivity contribution in [2.45, 2.75) is 57.7 Å². The van der Waals surface area contributed by atoms with Crippen LogP contribution in [-0.2, 0) is 18.2 Å². The third-order valence-electron chi connectivity index (χ3n) is 6.01. The van der Waals surface area contributed by atoms with Gasteiger partial charge in [-0.25, -0.2) is 4.98 Å². The summed E-state index contributed by atoms with van der Waals surface area (Å²) in [5, 5.41) is -1.73. The minimum atomic E-state index is -6.69. The van der Waals surface area contributed by atoms with Crippen molar-refractivity contribution in [3.63, 3.8) is 0 Å². The Morgan fingerprint density at radius 3 is 2.22 bits per heavy atom. The number of furan rings is 1. The molecule has 5 rings (SSSR count). The molecule has 11 heteroatoms. The lowest BCUT2D eigenvalue weighted by Gasteiger charge is -2.43. The molecule has 4 aromatic rings. The maximum atomic E-state index is 15.4. The molecule has 3 nitrogen and oxygen atoms in total. The van der Waals surface area contributed by atoms with Gasteiger partial charge >= 0.3 is 23.7 Å². The second-order valence-corrected chi connectivity index (χ2v) is 9.78. The van der Waals surface area contributed by atoms with E-state index in [1.54, 1.807) is 20.8 Å². The van der Waals surface area contributed by atoms with Crippen molar-refractivity contribution >= 4 is 22.1 Å². The van der Waals surface area contributed by atoms with E-state index < -0.39 is 81.2 Å². The van der Waals surface area contributed by atoms with E-state index in [0.717, 1.165) is 6.07 Å². The highest BCUT2D eigenvalue weighted by atomic mass is 19.4. The smallest absolute Gasteiger partial charge is 0.383 e. The number of hydrogen-bond donors (Lipinski definition) is 0. The first-order chi connectivity index (χ1) is 18.9. The maximum Gasteiger partial charge on any atom is 0.383 e. The van der Waals surface area contributed by atoms with E-state index in [1.807, 2.05) is 0 Å². The molecule has 0 saturated carbocycles. The molecule has 1 aliphatic carbocycles. The molecule has 0 fully saturated rings. The van der Waals surface area contributed by atoms with Crippen molar-refractivity contribution in [3.8, 4) is 11.3 Å². The van der Waals surface area contributed by atoms with Crippen molar-refractivity contribution in [2.24, 2.45) is 5.41 Å². The highest BCUT2D eigenvalue weighted by Crippen LogP contribution is 2.66. The number of rotatable bonds is 2. The quantitative estimate of drug-likeness (QED) is 0.243. The molecule has 0 N–H and O–H groups in total. The Morgan fingerprint density at radius 1 is 0.946 bits per heavy atom. The summed E-state index contributed by atoms with van der Waals surface area (Å²) in [5.41, 5.74) is -9.15. The van der Waals surface area contributed by atoms with Crippen molar-refractivity contribution in [1.29, 1.82) is 0 Å². The lowest BCUT2D eigenvalue weighted by atomic mass is 9.78. The summed E-state index contributed by atoms with van der Waals surface area (Å²) in [5.74, 6) is -25.4. The van der Waals surface area contributed by atoms with Gasteiger partial charge in [0.25, 0.3) is 0 Å². The van der Waals surface area contributed by atoms with Crippen LogP contribution in [0.2, 0.25) is 0 Å². The highest BCUT2D eigenvalue weighted by Gasteiger charge is 2.86. The van der Waals surface area contributed by atoms with Crippen LogP contribution in [0.3, 0.4) is 0 Å². The van der Waals surface area contributed by atoms with E-state index in [9.17, 15) is 17.6 Å². The zero-order valence-electron chi connectivity index (χ0n) is 24.3. The Labute approximate surface area is 212 Å². The molecular formula is C26H20F8N2O. The molecule has 0 aliphatic heterocycles. The van der Waals surface area contributed by atoms with Gasteiger partial charge in [-0.1, -0.05) is 32.9 Å². The largest absolute Gasteiger partial charge is 0.437 e. The molecule has 37 heavy (non-hydrogen) atoms. The summed E-state index contributed by atoms with van der Waals surface area (Å²) in [6.45, 7) is 1.09. The van der Waals surface area contributed by atoms with Crippen LogP contribution in [0.15, 0.2) is 40.9 Å². The Bertz CT molecular complexity index is 1760. The van der Waals surface area contributed by atoms with Crippen LogP contribution in [0, 0.1) is 12.3 Å². The van der Waals surface area contributed by atoms with Crippen LogP contribution < -0.4 is 0 Å². The number of nitrogens with zero attached hydrogens (tertiary/aromatic N) is 2. The zero-order chi connectivity index (χ0) is 31.6. The Hall–Kier alpha value is -3.24. The molecule has 0 atom stereocenters. The maximum absolute atomic E-state index is 15.4. The van der Waals surface area contributed by atoms with Crippen molar-refractivity contribution in [3.05, 3.63) is 58.9 Å². The van der Waals surface area contributed by atoms with Gasteiger partial charge in [0.05, 0.1) is 27.9 Å². The fourth-order valence-electron chi connectivity index (χ4n) is 4.45. The monoisotopic (exact) mass is 533 g/mol. The second kappa shape index (κ2) is 7.41. The molecule has 1 aromatic carbocycles. The minimum absolute atomic E-state index is 0.0100. The molecule has 0 spiro atoms. The molecule has 3 aromatic heterocycles. The third-order valence-corrected chi connectivity index (χ3v) is 6.01. The highest BCUT2D eigenvalue weighted by molar-refractivity contribution is 6.10. The van der Waals surface area contributed by atoms with E-state index >= 15 is 17.6 Å². The van der Waals surface area contributed by atoms with Gasteiger partial charge in [0, 0.05) is 24.0 Å². The van der Waals surface area contributed by atoms with Crippen LogP contribution >= 0.6 is 0 Å². The first kappa shape index (κ1) is 19.8. The van der Waals surface area contributed by atoms with Crippen LogP contribution in [0.25, 0.3) is 33.3 Å². The van der Waals surface area contributed by atoms with Gasteiger partial charge in [0.2, 0.25) is 5.71 Å². The number of aryl methyl sites for hydroxylation is 1. The van der Waals surface area contributed by atoms with Gasteiger partial charge in [-0.2, -0.15) is 35.1 Å². The minimum Gasteiger partial charge on any atom is -0.437 e. The topological polar surface area (TPSA) is 38.9 Å². The molecule has 0 radical (unpaired) electrons. The number of para-hydroxylation sites is 1. The number of hydrogen-bond acceptors (Lipinski definition) is 3. The molecular weight excluding hydrogens is 508 g/mol. The molecule has 0 unspecified atom stereocenters. The van der Waals surface area contributed by atoms with Crippen molar-refractivity contribution in [2.75, 3.05) is 0 Å². The summed E-state index contributed by atoms with van der Waals surface area (Å²) in [4.78, 5) is 7.53. The SMILES string of the molecule is [2H]C([2H])([2H])c1nc2oc3c(-c4cc(C([2H])([2H])C(C)(C)C)ccn4)cccc3c2c2c1C(F)(F)C(F)(F)C(F)(F)C2(F)F. The summed E-state index contributed by atoms with van der Waals surface area (Å²) in [6, 6.07) is 6.20. The average molecular weight is 533 g/mol. The normalized spacial score (nSPS) is 22.5. The summed E-state index contributed by atoms with van der Waals surface area (Å²) >= 11 is 0. The summed E-state index contributed by atoms with van der Waals surface area (Å²) in [7, 11) is 0. The van der Waals surface area contributed by atoms with Gasteiger partial charge in [0.1, 0.15) is 5.58 Å². The number of fused-ring (bicyclic) bond motifs is 5. The Balaban J connectivity index is 1.93. The lowest BCUT2D eigenvalue weighted by molar-refractivity contribution is -0.386. The van der Waals surface area contributed by atoms with Crippen molar-refractivity contribution in [1.82, 2.24) is 9.97 Å². The predicted octanol–water partition coefficient (Wildman–Crippen LogP) is 8.41. The zero-order valence-corrected chi connectivity index (χ0v) is 19.3. The van der Waals surface area contributed by atoms with Gasteiger partial charge in [-0.15, -0.1) is 0 Å². The lowest BCUT2D eigenvalue weighted by Crippen LogP contribution is -2.64. The van der Waals surface area contributed by atoms with Gasteiger partial charge in [-0.3, -0.25) is 4.98 Å². The molecule has 0 bridgehead atoms. The summed E-state index contributed by atoms with van der Waals surface area (Å²) in [6.07, 6.45) is -0.688. The average Bonchev–Trinajstić information content (AvgIpc) is 3.24. The van der Waals surface area contributed by atoms with E-state index in [1.165, 1.54) is 30.5 Å². The van der Waals surface area contributed by atoms with E-state index in [-0.39, 0.29) is 16.8 Å². The van der Waals surface area contributed by atoms with Gasteiger partial charge < -0.3 is 4.42 Å². The van der Waals surface area contributed by atoms with Crippen LogP contribution in [0.1, 0.15) is 50.0 Å². The molecule has 3 heterocycles. The van der Waals surface area contributed by atoms with E-state index in [2.05, 4.69) is 9.97 Å². The number of benzene rings is 1. The Kier molecular flexibility index (Phi) is 3.97. The third kappa shape index (κ3) is 3.31. The molecule has 1 aliphatic rings. The fraction of sp³-hybridized carbons (Fsp3) is 0.385. The summed E-state index contributed by atoms with van der Waals surface area (Å²) < 4.78 is 164. The van der Waals surface area contributed by atoms with Crippen LogP contribution in [-0.4, -0.2) is 21.8 Å². The number of aromatic nitrogens is 2. The van der Waals surface area contributed by atoms with Gasteiger partial charge in [0.15, 0.2) is 0 Å². The number of alkyl halides is 8. The molecule has 0 saturated heterocycles. The van der Waals surface area contributed by atoms with Crippen molar-refractivity contribution < 1.29 is 46.4 Å². The fourth-order valence-corrected chi connectivity index (χ4v) is 4.45. The van der Waals surface area contributed by atoms with E-state index in [0.29, 0.717) is 0 Å². The van der Waals surface area contributed by atoms with Crippen LogP contribution in [0.5, 0.6) is 0 Å². The predicted molar refractivity (Wildman–Crippen MR) is 120 cm³/mol. The van der Waals surface area contributed by atoms with E-state index in [4.69, 9.17) is 11.3 Å². The molecule has 196 valence electrons. The first-order valence-corrected chi connectivity index (χ1v) is 10.8. The van der Waals surface area contributed by atoms with Gasteiger partial charge in [-0.05, 0) is 42.4 Å². The number of halogens is 8. The van der Waals surface area contributed by atoms with Crippen LogP contribution in [0.4, 0.5) is 35.1 Å². The first-order valence-electron chi connectivity index (χ1n) is 13.3. The number of pyridine rings is 2. The second-order valence-electron chi connectivity index (χ2n) is 9.78. The molecule has 0 amide bonds. The standard InChI is InChI=1S/C26H20F8N2O/c1-12-18-19(24(29,30)26(33,34)25(31,32)23(18,27)28)17-15-7-5-6-14(20(15)37-21(17)36-12)16-10-13(8-9-35-16)11-22(2,3)4/h5-10H,11H2,1-4H3/i1D3,11D2.